The highest BCUT2D eigenvalue weighted by Crippen LogP contribution is 2.44. The number of piperidine rings is 1. The summed E-state index contributed by atoms with van der Waals surface area (Å²) in [5.74, 6) is 0.186. The quantitative estimate of drug-likeness (QED) is 0.694. The summed E-state index contributed by atoms with van der Waals surface area (Å²) in [6.07, 6.45) is 1.82. The molecule has 5 heteroatoms. The van der Waals surface area contributed by atoms with Crippen molar-refractivity contribution in [3.05, 3.63) is 27.3 Å². The number of amides is 1. The van der Waals surface area contributed by atoms with Crippen molar-refractivity contribution < 1.29 is 4.79 Å². The van der Waals surface area contributed by atoms with E-state index in [2.05, 4.69) is 39.3 Å². The first kappa shape index (κ1) is 13.1. The van der Waals surface area contributed by atoms with Gasteiger partial charge >= 0.3 is 0 Å². The van der Waals surface area contributed by atoms with Gasteiger partial charge in [-0.05, 0) is 72.3 Å². The lowest BCUT2D eigenvalue weighted by molar-refractivity contribution is -0.121. The van der Waals surface area contributed by atoms with Crippen molar-refractivity contribution in [3.8, 4) is 0 Å². The van der Waals surface area contributed by atoms with E-state index in [-0.39, 0.29) is 23.7 Å². The first-order chi connectivity index (χ1) is 7.72. The molecule has 0 unspecified atom stereocenters. The predicted octanol–water partition coefficient (Wildman–Crippen LogP) is 2.29. The zero-order valence-electron chi connectivity index (χ0n) is 9.25. The number of carbonyl (C=O) groups is 1. The van der Waals surface area contributed by atoms with Gasteiger partial charge in [0.15, 0.2) is 0 Å². The lowest BCUT2D eigenvalue weighted by Gasteiger charge is -2.32. The molecule has 2 aliphatic heterocycles. The first-order valence-electron chi connectivity index (χ1n) is 5.55. The van der Waals surface area contributed by atoms with Crippen LogP contribution in [0.25, 0.3) is 0 Å². The smallest absolute Gasteiger partial charge is 0.235 e. The average molecular weight is 365 g/mol. The third-order valence-electron chi connectivity index (χ3n) is 3.64. The van der Waals surface area contributed by atoms with Gasteiger partial charge in [0.25, 0.3) is 0 Å². The van der Waals surface area contributed by atoms with Crippen LogP contribution in [0.2, 0.25) is 0 Å². The number of halogens is 2. The Hall–Kier alpha value is -0.330. The van der Waals surface area contributed by atoms with Gasteiger partial charge in [0.2, 0.25) is 5.91 Å². The molecule has 1 fully saturated rings. The Morgan fingerprint density at radius 1 is 1.24 bits per heavy atom. The number of rotatable bonds is 0. The fourth-order valence-corrected chi connectivity index (χ4v) is 3.23. The molecule has 1 aromatic carbocycles. The lowest BCUT2D eigenvalue weighted by atomic mass is 9.74. The van der Waals surface area contributed by atoms with E-state index in [1.165, 1.54) is 9.13 Å². The highest BCUT2D eigenvalue weighted by molar-refractivity contribution is 14.1. The summed E-state index contributed by atoms with van der Waals surface area (Å²) >= 11 is 2.31. The van der Waals surface area contributed by atoms with Crippen LogP contribution in [-0.4, -0.2) is 19.0 Å². The SMILES string of the molecule is Cl.O=C1Nc2ccc(I)cc2C12CCNCC2. The van der Waals surface area contributed by atoms with E-state index in [0.717, 1.165) is 31.6 Å². The molecule has 17 heavy (non-hydrogen) atoms. The summed E-state index contributed by atoms with van der Waals surface area (Å²) in [4.78, 5) is 12.2. The standard InChI is InChI=1S/C12H13IN2O.ClH/c13-8-1-2-10-9(7-8)12(11(16)15-10)3-5-14-6-4-12;/h1-2,7,14H,3-6H2,(H,15,16);1H. The van der Waals surface area contributed by atoms with Gasteiger partial charge in [0, 0.05) is 9.26 Å². The minimum absolute atomic E-state index is 0. The van der Waals surface area contributed by atoms with Crippen molar-refractivity contribution in [2.24, 2.45) is 0 Å². The van der Waals surface area contributed by atoms with Gasteiger partial charge in [-0.2, -0.15) is 0 Å². The second kappa shape index (κ2) is 4.74. The van der Waals surface area contributed by atoms with Gasteiger partial charge in [-0.25, -0.2) is 0 Å². The third-order valence-corrected chi connectivity index (χ3v) is 4.31. The number of fused-ring (bicyclic) bond motifs is 2. The number of carbonyl (C=O) groups excluding carboxylic acids is 1. The van der Waals surface area contributed by atoms with E-state index in [1.807, 2.05) is 12.1 Å². The van der Waals surface area contributed by atoms with Crippen LogP contribution in [0.3, 0.4) is 0 Å². The van der Waals surface area contributed by atoms with Gasteiger partial charge < -0.3 is 10.6 Å². The Labute approximate surface area is 120 Å². The molecule has 0 radical (unpaired) electrons. The molecule has 3 nitrogen and oxygen atoms in total. The Morgan fingerprint density at radius 2 is 1.94 bits per heavy atom. The van der Waals surface area contributed by atoms with Gasteiger partial charge in [-0.1, -0.05) is 0 Å². The molecule has 2 heterocycles. The predicted molar refractivity (Wildman–Crippen MR) is 78.8 cm³/mol. The summed E-state index contributed by atoms with van der Waals surface area (Å²) in [7, 11) is 0. The summed E-state index contributed by atoms with van der Waals surface area (Å²) in [5.41, 5.74) is 1.94. The minimum atomic E-state index is -0.262. The van der Waals surface area contributed by atoms with Crippen LogP contribution in [-0.2, 0) is 10.2 Å². The van der Waals surface area contributed by atoms with E-state index < -0.39 is 0 Å². The van der Waals surface area contributed by atoms with Crippen LogP contribution in [0.4, 0.5) is 5.69 Å². The molecule has 0 atom stereocenters. The van der Waals surface area contributed by atoms with Gasteiger partial charge in [0.05, 0.1) is 5.41 Å². The lowest BCUT2D eigenvalue weighted by Crippen LogP contribution is -2.44. The summed E-state index contributed by atoms with van der Waals surface area (Å²) in [6.45, 7) is 1.86. The fraction of sp³-hybridized carbons (Fsp3) is 0.417. The Morgan fingerprint density at radius 3 is 2.65 bits per heavy atom. The first-order valence-corrected chi connectivity index (χ1v) is 6.62. The molecule has 1 aromatic rings. The minimum Gasteiger partial charge on any atom is -0.325 e. The molecule has 0 aliphatic carbocycles. The molecule has 1 saturated heterocycles. The van der Waals surface area contributed by atoms with E-state index in [1.54, 1.807) is 0 Å². The van der Waals surface area contributed by atoms with E-state index in [0.29, 0.717) is 0 Å². The fourth-order valence-electron chi connectivity index (χ4n) is 2.74. The van der Waals surface area contributed by atoms with Crippen LogP contribution in [0.1, 0.15) is 18.4 Å². The molecule has 92 valence electrons. The molecule has 1 spiro atoms. The van der Waals surface area contributed by atoms with Crippen LogP contribution >= 0.6 is 35.0 Å². The molecule has 2 N–H and O–H groups in total. The maximum absolute atomic E-state index is 12.2. The van der Waals surface area contributed by atoms with Crippen molar-refractivity contribution in [2.75, 3.05) is 18.4 Å². The second-order valence-electron chi connectivity index (χ2n) is 4.48. The van der Waals surface area contributed by atoms with Crippen molar-refractivity contribution in [1.29, 1.82) is 0 Å². The van der Waals surface area contributed by atoms with Crippen LogP contribution in [0, 0.1) is 3.57 Å². The third kappa shape index (κ3) is 1.96. The number of nitrogens with one attached hydrogen (secondary N) is 2. The highest BCUT2D eigenvalue weighted by atomic mass is 127. The number of anilines is 1. The van der Waals surface area contributed by atoms with Crippen molar-refractivity contribution >= 4 is 46.6 Å². The van der Waals surface area contributed by atoms with Gasteiger partial charge in [0.1, 0.15) is 0 Å². The second-order valence-corrected chi connectivity index (χ2v) is 5.72. The van der Waals surface area contributed by atoms with E-state index in [4.69, 9.17) is 0 Å². The highest BCUT2D eigenvalue weighted by Gasteiger charge is 2.47. The molecule has 0 saturated carbocycles. The maximum atomic E-state index is 12.2. The summed E-state index contributed by atoms with van der Waals surface area (Å²) in [6, 6.07) is 6.21. The summed E-state index contributed by atoms with van der Waals surface area (Å²) < 4.78 is 1.20. The van der Waals surface area contributed by atoms with Gasteiger partial charge in [-0.3, -0.25) is 4.79 Å². The van der Waals surface area contributed by atoms with E-state index in [9.17, 15) is 4.79 Å². The Balaban J connectivity index is 0.00000108. The van der Waals surface area contributed by atoms with Crippen LogP contribution < -0.4 is 10.6 Å². The average Bonchev–Trinajstić information content (AvgIpc) is 2.55. The normalized spacial score (nSPS) is 20.6. The molecule has 0 bridgehead atoms. The molecule has 2 aliphatic rings. The van der Waals surface area contributed by atoms with Crippen LogP contribution in [0.15, 0.2) is 18.2 Å². The number of hydrogen-bond acceptors (Lipinski definition) is 2. The summed E-state index contributed by atoms with van der Waals surface area (Å²) in [5, 5.41) is 6.34. The van der Waals surface area contributed by atoms with E-state index >= 15 is 0 Å². The van der Waals surface area contributed by atoms with Crippen molar-refractivity contribution in [3.63, 3.8) is 0 Å². The Kier molecular flexibility index (Phi) is 3.66. The monoisotopic (exact) mass is 364 g/mol. The maximum Gasteiger partial charge on any atom is 0.235 e. The molecule has 0 aromatic heterocycles. The molecule has 3 rings (SSSR count). The zero-order valence-corrected chi connectivity index (χ0v) is 12.2. The Bertz CT molecular complexity index is 458. The zero-order chi connectivity index (χ0) is 11.2. The van der Waals surface area contributed by atoms with Crippen molar-refractivity contribution in [1.82, 2.24) is 5.32 Å². The van der Waals surface area contributed by atoms with Gasteiger partial charge in [-0.15, -0.1) is 12.4 Å². The topological polar surface area (TPSA) is 41.1 Å². The molecule has 1 amide bonds. The number of benzene rings is 1. The van der Waals surface area contributed by atoms with Crippen LogP contribution in [0.5, 0.6) is 0 Å². The number of hydrogen-bond donors (Lipinski definition) is 2. The van der Waals surface area contributed by atoms with Crippen molar-refractivity contribution in [2.45, 2.75) is 18.3 Å². The molecular formula is C12H14ClIN2O. The largest absolute Gasteiger partial charge is 0.325 e. The molecular weight excluding hydrogens is 351 g/mol.